The number of nitrogens with one attached hydrogen (secondary N) is 2. The largest absolute Gasteiger partial charge is 0.490 e. The second-order valence-corrected chi connectivity index (χ2v) is 6.94. The Hall–Kier alpha value is -3.68. The van der Waals surface area contributed by atoms with Gasteiger partial charge < -0.3 is 9.72 Å². The second-order valence-electron chi connectivity index (χ2n) is 6.94. The number of amides is 1. The van der Waals surface area contributed by atoms with Gasteiger partial charge >= 0.3 is 5.69 Å². The van der Waals surface area contributed by atoms with Crippen LogP contribution in [0.1, 0.15) is 40.0 Å². The minimum atomic E-state index is -0.526. The number of aromatic amines is 1. The molecule has 0 fully saturated rings. The quantitative estimate of drug-likeness (QED) is 0.392. The maximum absolute atomic E-state index is 12.5. The van der Waals surface area contributed by atoms with Crippen molar-refractivity contribution in [2.45, 2.75) is 25.7 Å². The van der Waals surface area contributed by atoms with Gasteiger partial charge in [-0.15, -0.1) is 0 Å². The summed E-state index contributed by atoms with van der Waals surface area (Å²) in [5.41, 5.74) is 6.93. The van der Waals surface area contributed by atoms with Crippen molar-refractivity contribution in [3.8, 4) is 5.75 Å². The third-order valence-electron chi connectivity index (χ3n) is 5.14. The Morgan fingerprint density at radius 2 is 2.07 bits per heavy atom. The van der Waals surface area contributed by atoms with Crippen molar-refractivity contribution in [3.63, 3.8) is 0 Å². The number of hydrazone groups is 1. The summed E-state index contributed by atoms with van der Waals surface area (Å²) < 4.78 is 4.97. The van der Waals surface area contributed by atoms with E-state index in [2.05, 4.69) is 15.5 Å². The van der Waals surface area contributed by atoms with E-state index >= 15 is 0 Å². The number of nitro benzene ring substituents is 1. The first kappa shape index (κ1) is 18.7. The first-order chi connectivity index (χ1) is 14.1. The summed E-state index contributed by atoms with van der Waals surface area (Å²) in [6.07, 6.45) is 5.78. The molecule has 0 aliphatic heterocycles. The van der Waals surface area contributed by atoms with Crippen LogP contribution in [0.5, 0.6) is 5.75 Å². The van der Waals surface area contributed by atoms with Crippen LogP contribution in [0.3, 0.4) is 0 Å². The average Bonchev–Trinajstić information content (AvgIpc) is 3.11. The van der Waals surface area contributed by atoms with E-state index in [1.54, 1.807) is 12.1 Å². The van der Waals surface area contributed by atoms with Crippen LogP contribution in [-0.4, -0.2) is 29.1 Å². The zero-order valence-corrected chi connectivity index (χ0v) is 15.9. The highest BCUT2D eigenvalue weighted by Crippen LogP contribution is 2.30. The molecular formula is C21H20N4O4. The molecule has 3 aromatic rings. The molecular weight excluding hydrogens is 372 g/mol. The third-order valence-corrected chi connectivity index (χ3v) is 5.14. The molecule has 8 nitrogen and oxygen atoms in total. The number of carbonyl (C=O) groups is 1. The highest BCUT2D eigenvalue weighted by Gasteiger charge is 2.17. The molecule has 1 heterocycles. The van der Waals surface area contributed by atoms with Gasteiger partial charge in [0.25, 0.3) is 5.91 Å². The number of hydrogen-bond donors (Lipinski definition) is 2. The van der Waals surface area contributed by atoms with E-state index in [-0.39, 0.29) is 17.3 Å². The van der Waals surface area contributed by atoms with E-state index in [1.807, 2.05) is 12.1 Å². The van der Waals surface area contributed by atoms with E-state index in [1.165, 1.54) is 43.1 Å². The number of methoxy groups -OCH3 is 1. The number of ether oxygens (including phenoxy) is 1. The fourth-order valence-corrected chi connectivity index (χ4v) is 3.71. The summed E-state index contributed by atoms with van der Waals surface area (Å²) in [4.78, 5) is 26.5. The average molecular weight is 392 g/mol. The maximum Gasteiger partial charge on any atom is 0.311 e. The molecule has 8 heteroatoms. The zero-order chi connectivity index (χ0) is 20.4. The van der Waals surface area contributed by atoms with Crippen molar-refractivity contribution in [2.24, 2.45) is 5.10 Å². The molecule has 2 aromatic carbocycles. The minimum Gasteiger partial charge on any atom is -0.490 e. The summed E-state index contributed by atoms with van der Waals surface area (Å²) in [6, 6.07) is 10.0. The molecule has 0 spiro atoms. The van der Waals surface area contributed by atoms with Crippen LogP contribution in [0.25, 0.3) is 10.9 Å². The lowest BCUT2D eigenvalue weighted by Crippen LogP contribution is -2.17. The summed E-state index contributed by atoms with van der Waals surface area (Å²) >= 11 is 0. The third kappa shape index (κ3) is 3.69. The number of nitrogens with zero attached hydrogens (tertiary/aromatic N) is 2. The SMILES string of the molecule is COc1ccc(/C=N\NC(=O)c2ccc3[nH]c4c(c3c2)CCCC4)cc1[N+](=O)[O-]. The summed E-state index contributed by atoms with van der Waals surface area (Å²) in [6.45, 7) is 0. The normalized spacial score (nSPS) is 13.4. The first-order valence-corrected chi connectivity index (χ1v) is 9.36. The number of fused-ring (bicyclic) bond motifs is 3. The Morgan fingerprint density at radius 1 is 1.24 bits per heavy atom. The van der Waals surface area contributed by atoms with Gasteiger partial charge in [-0.1, -0.05) is 0 Å². The number of rotatable bonds is 5. The van der Waals surface area contributed by atoms with Crippen molar-refractivity contribution < 1.29 is 14.5 Å². The van der Waals surface area contributed by atoms with Gasteiger partial charge in [0.2, 0.25) is 0 Å². The minimum absolute atomic E-state index is 0.162. The van der Waals surface area contributed by atoms with E-state index in [0.717, 1.165) is 30.2 Å². The number of nitro groups is 1. The second kappa shape index (κ2) is 7.75. The highest BCUT2D eigenvalue weighted by atomic mass is 16.6. The molecule has 0 atom stereocenters. The van der Waals surface area contributed by atoms with Crippen LogP contribution in [0, 0.1) is 10.1 Å². The Morgan fingerprint density at radius 3 is 2.86 bits per heavy atom. The van der Waals surface area contributed by atoms with Gasteiger partial charge in [0.1, 0.15) is 0 Å². The molecule has 2 N–H and O–H groups in total. The smallest absolute Gasteiger partial charge is 0.311 e. The predicted molar refractivity (Wildman–Crippen MR) is 110 cm³/mol. The van der Waals surface area contributed by atoms with E-state index in [9.17, 15) is 14.9 Å². The van der Waals surface area contributed by atoms with E-state index in [4.69, 9.17) is 4.74 Å². The molecule has 1 aliphatic rings. The number of carbonyl (C=O) groups excluding carboxylic acids is 1. The van der Waals surface area contributed by atoms with Crippen LogP contribution in [0.15, 0.2) is 41.5 Å². The van der Waals surface area contributed by atoms with Crippen LogP contribution >= 0.6 is 0 Å². The van der Waals surface area contributed by atoms with Gasteiger partial charge in [-0.3, -0.25) is 14.9 Å². The maximum atomic E-state index is 12.5. The first-order valence-electron chi connectivity index (χ1n) is 9.36. The number of aryl methyl sites for hydroxylation is 2. The Kier molecular flexibility index (Phi) is 4.99. The van der Waals surface area contributed by atoms with Crippen LogP contribution in [-0.2, 0) is 12.8 Å². The number of hydrogen-bond acceptors (Lipinski definition) is 5. The molecule has 4 rings (SSSR count). The standard InChI is InChI=1S/C21H20N4O4/c1-29-20-9-6-13(10-19(20)25(27)28)12-22-24-21(26)14-7-8-18-16(11-14)15-4-2-3-5-17(15)23-18/h6-12,23H,2-5H2,1H3,(H,24,26)/b22-12-. The monoisotopic (exact) mass is 392 g/mol. The Balaban J connectivity index is 1.51. The van der Waals surface area contributed by atoms with Gasteiger partial charge in [-0.25, -0.2) is 5.43 Å². The van der Waals surface area contributed by atoms with Gasteiger partial charge in [0, 0.05) is 33.8 Å². The topological polar surface area (TPSA) is 110 Å². The van der Waals surface area contributed by atoms with Gasteiger partial charge in [0.15, 0.2) is 5.75 Å². The predicted octanol–water partition coefficient (Wildman–Crippen LogP) is 3.73. The lowest BCUT2D eigenvalue weighted by Gasteiger charge is -2.10. The molecule has 148 valence electrons. The van der Waals surface area contributed by atoms with Crippen molar-refractivity contribution >= 4 is 28.7 Å². The summed E-state index contributed by atoms with van der Waals surface area (Å²) in [5, 5.41) is 16.1. The summed E-state index contributed by atoms with van der Waals surface area (Å²) in [5.74, 6) is -0.170. The van der Waals surface area contributed by atoms with E-state index < -0.39 is 4.92 Å². The molecule has 0 saturated carbocycles. The molecule has 0 bridgehead atoms. The molecule has 0 radical (unpaired) electrons. The van der Waals surface area contributed by atoms with Crippen molar-refractivity contribution in [3.05, 3.63) is 68.9 Å². The zero-order valence-electron chi connectivity index (χ0n) is 15.9. The fraction of sp³-hybridized carbons (Fsp3) is 0.238. The number of benzene rings is 2. The van der Waals surface area contributed by atoms with Gasteiger partial charge in [-0.2, -0.15) is 5.10 Å². The highest BCUT2D eigenvalue weighted by molar-refractivity contribution is 5.99. The van der Waals surface area contributed by atoms with Crippen LogP contribution in [0.4, 0.5) is 5.69 Å². The lowest BCUT2D eigenvalue weighted by molar-refractivity contribution is -0.385. The summed E-state index contributed by atoms with van der Waals surface area (Å²) in [7, 11) is 1.37. The van der Waals surface area contributed by atoms with Crippen molar-refractivity contribution in [1.29, 1.82) is 0 Å². The van der Waals surface area contributed by atoms with Gasteiger partial charge in [0.05, 0.1) is 18.2 Å². The van der Waals surface area contributed by atoms with Crippen LogP contribution < -0.4 is 10.2 Å². The number of H-pyrrole nitrogens is 1. The molecule has 29 heavy (non-hydrogen) atoms. The molecule has 1 aliphatic carbocycles. The van der Waals surface area contributed by atoms with Crippen LogP contribution in [0.2, 0.25) is 0 Å². The molecule has 1 aromatic heterocycles. The molecule has 0 unspecified atom stereocenters. The Bertz CT molecular complexity index is 1130. The molecule has 1 amide bonds. The van der Waals surface area contributed by atoms with Crippen molar-refractivity contribution in [1.82, 2.24) is 10.4 Å². The van der Waals surface area contributed by atoms with Gasteiger partial charge in [-0.05, 0) is 61.6 Å². The Labute approximate surface area is 166 Å². The lowest BCUT2D eigenvalue weighted by atomic mass is 9.95. The number of aromatic nitrogens is 1. The fourth-order valence-electron chi connectivity index (χ4n) is 3.71. The molecule has 0 saturated heterocycles. The van der Waals surface area contributed by atoms with E-state index in [0.29, 0.717) is 11.1 Å². The van der Waals surface area contributed by atoms with Crippen molar-refractivity contribution in [2.75, 3.05) is 7.11 Å².